The normalized spacial score (nSPS) is 16.2. The summed E-state index contributed by atoms with van der Waals surface area (Å²) >= 11 is 5.84. The van der Waals surface area contributed by atoms with Gasteiger partial charge in [-0.25, -0.2) is 4.79 Å². The van der Waals surface area contributed by atoms with Crippen LogP contribution in [0.2, 0.25) is 5.02 Å². The molecule has 2 N–H and O–H groups in total. The highest BCUT2D eigenvalue weighted by molar-refractivity contribution is 6.30. The Hall–Kier alpha value is -2.38. The van der Waals surface area contributed by atoms with Gasteiger partial charge in [0, 0.05) is 23.9 Å². The minimum atomic E-state index is -1.16. The molecule has 3 rings (SSSR count). The summed E-state index contributed by atoms with van der Waals surface area (Å²) in [5.74, 6) is -1.61. The number of halogens is 1. The molecule has 0 spiro atoms. The average molecular weight is 378 g/mol. The number of hydrogen-bond donors (Lipinski definition) is 2. The van der Waals surface area contributed by atoms with Crippen LogP contribution in [0, 0.1) is 6.92 Å². The zero-order chi connectivity index (χ0) is 18.7. The SMILES string of the molecule is Cc1c(C(=O)NC(C(=O)O)c2ccc(Cl)cc2)cnn1C1CCOCC1. The Morgan fingerprint density at radius 2 is 1.96 bits per heavy atom. The molecule has 26 heavy (non-hydrogen) atoms. The van der Waals surface area contributed by atoms with E-state index in [1.165, 1.54) is 6.20 Å². The Morgan fingerprint density at radius 1 is 1.31 bits per heavy atom. The molecule has 0 aliphatic carbocycles. The molecule has 1 atom stereocenters. The molecule has 8 heteroatoms. The molecule has 1 fully saturated rings. The van der Waals surface area contributed by atoms with E-state index in [4.69, 9.17) is 16.3 Å². The van der Waals surface area contributed by atoms with Crippen LogP contribution in [0.3, 0.4) is 0 Å². The lowest BCUT2D eigenvalue weighted by atomic mass is 10.1. The van der Waals surface area contributed by atoms with E-state index in [1.807, 2.05) is 11.6 Å². The maximum atomic E-state index is 12.6. The average Bonchev–Trinajstić information content (AvgIpc) is 3.02. The number of carbonyl (C=O) groups excluding carboxylic acids is 1. The molecule has 1 saturated heterocycles. The predicted octanol–water partition coefficient (Wildman–Crippen LogP) is 2.75. The van der Waals surface area contributed by atoms with Crippen LogP contribution in [-0.4, -0.2) is 40.0 Å². The van der Waals surface area contributed by atoms with Gasteiger partial charge in [-0.1, -0.05) is 23.7 Å². The minimum absolute atomic E-state index is 0.192. The molecular formula is C18H20ClN3O4. The van der Waals surface area contributed by atoms with Crippen molar-refractivity contribution in [3.63, 3.8) is 0 Å². The lowest BCUT2D eigenvalue weighted by Gasteiger charge is -2.23. The van der Waals surface area contributed by atoms with E-state index >= 15 is 0 Å². The quantitative estimate of drug-likeness (QED) is 0.835. The first-order valence-electron chi connectivity index (χ1n) is 8.38. The Morgan fingerprint density at radius 3 is 2.58 bits per heavy atom. The second-order valence-electron chi connectivity index (χ2n) is 6.23. The Bertz CT molecular complexity index is 797. The molecule has 0 saturated carbocycles. The molecule has 1 aromatic heterocycles. The first kappa shape index (κ1) is 18.4. The predicted molar refractivity (Wildman–Crippen MR) is 95.3 cm³/mol. The van der Waals surface area contributed by atoms with Gasteiger partial charge in [0.25, 0.3) is 5.91 Å². The Labute approximate surface area is 155 Å². The van der Waals surface area contributed by atoms with Crippen LogP contribution >= 0.6 is 11.6 Å². The maximum Gasteiger partial charge on any atom is 0.330 e. The fraction of sp³-hybridized carbons (Fsp3) is 0.389. The van der Waals surface area contributed by atoms with Crippen molar-refractivity contribution in [2.24, 2.45) is 0 Å². The molecule has 138 valence electrons. The zero-order valence-corrected chi connectivity index (χ0v) is 15.1. The number of hydrogen-bond acceptors (Lipinski definition) is 4. The van der Waals surface area contributed by atoms with E-state index in [2.05, 4.69) is 10.4 Å². The fourth-order valence-corrected chi connectivity index (χ4v) is 3.22. The van der Waals surface area contributed by atoms with E-state index in [-0.39, 0.29) is 6.04 Å². The van der Waals surface area contributed by atoms with Crippen LogP contribution in [0.5, 0.6) is 0 Å². The summed E-state index contributed by atoms with van der Waals surface area (Å²) in [6.45, 7) is 3.15. The monoisotopic (exact) mass is 377 g/mol. The molecule has 0 bridgehead atoms. The lowest BCUT2D eigenvalue weighted by molar-refractivity contribution is -0.139. The van der Waals surface area contributed by atoms with Crippen molar-refractivity contribution in [3.8, 4) is 0 Å². The highest BCUT2D eigenvalue weighted by atomic mass is 35.5. The van der Waals surface area contributed by atoms with Crippen molar-refractivity contribution in [2.75, 3.05) is 13.2 Å². The standard InChI is InChI=1S/C18H20ClN3O4/c1-11-15(10-20-22(11)14-6-8-26-9-7-14)17(23)21-16(18(24)25)12-2-4-13(19)5-3-12/h2-5,10,14,16H,6-9H2,1H3,(H,21,23)(H,24,25). The van der Waals surface area contributed by atoms with Crippen LogP contribution in [-0.2, 0) is 9.53 Å². The molecule has 2 heterocycles. The van der Waals surface area contributed by atoms with Crippen molar-refractivity contribution >= 4 is 23.5 Å². The molecule has 7 nitrogen and oxygen atoms in total. The highest BCUT2D eigenvalue weighted by Crippen LogP contribution is 2.24. The van der Waals surface area contributed by atoms with Crippen molar-refractivity contribution in [3.05, 3.63) is 52.3 Å². The second kappa shape index (κ2) is 7.88. The van der Waals surface area contributed by atoms with Crippen molar-refractivity contribution in [1.82, 2.24) is 15.1 Å². The number of rotatable bonds is 5. The van der Waals surface area contributed by atoms with Gasteiger partial charge in [-0.2, -0.15) is 5.10 Å². The van der Waals surface area contributed by atoms with Crippen molar-refractivity contribution < 1.29 is 19.4 Å². The van der Waals surface area contributed by atoms with E-state index in [0.29, 0.717) is 29.4 Å². The smallest absolute Gasteiger partial charge is 0.330 e. The number of carboxylic acids is 1. The summed E-state index contributed by atoms with van der Waals surface area (Å²) in [5, 5.41) is 16.9. The number of nitrogens with zero attached hydrogens (tertiary/aromatic N) is 2. The first-order chi connectivity index (χ1) is 12.5. The van der Waals surface area contributed by atoms with E-state index in [9.17, 15) is 14.7 Å². The number of amides is 1. The van der Waals surface area contributed by atoms with E-state index in [0.717, 1.165) is 18.5 Å². The number of benzene rings is 1. The number of aromatic nitrogens is 2. The molecule has 0 radical (unpaired) electrons. The van der Waals surface area contributed by atoms with Gasteiger partial charge in [0.05, 0.1) is 17.8 Å². The van der Waals surface area contributed by atoms with Gasteiger partial charge in [-0.05, 0) is 37.5 Å². The molecule has 1 unspecified atom stereocenters. The van der Waals surface area contributed by atoms with Crippen molar-refractivity contribution in [1.29, 1.82) is 0 Å². The molecule has 1 aromatic carbocycles. The summed E-state index contributed by atoms with van der Waals surface area (Å²) in [4.78, 5) is 24.2. The number of carboxylic acid groups (broad SMARTS) is 1. The highest BCUT2D eigenvalue weighted by Gasteiger charge is 2.26. The topological polar surface area (TPSA) is 93.5 Å². The van der Waals surface area contributed by atoms with Gasteiger partial charge in [0.15, 0.2) is 6.04 Å². The van der Waals surface area contributed by atoms with Gasteiger partial charge in [-0.15, -0.1) is 0 Å². The minimum Gasteiger partial charge on any atom is -0.479 e. The lowest BCUT2D eigenvalue weighted by Crippen LogP contribution is -2.34. The first-order valence-corrected chi connectivity index (χ1v) is 8.76. The summed E-state index contributed by atoms with van der Waals surface area (Å²) < 4.78 is 7.19. The maximum absolute atomic E-state index is 12.6. The van der Waals surface area contributed by atoms with Crippen LogP contribution in [0.1, 0.15) is 46.5 Å². The van der Waals surface area contributed by atoms with Gasteiger partial charge in [0.2, 0.25) is 0 Å². The van der Waals surface area contributed by atoms with Gasteiger partial charge >= 0.3 is 5.97 Å². The van der Waals surface area contributed by atoms with Crippen molar-refractivity contribution in [2.45, 2.75) is 31.8 Å². The Balaban J connectivity index is 1.78. The van der Waals surface area contributed by atoms with E-state index in [1.54, 1.807) is 24.3 Å². The fourth-order valence-electron chi connectivity index (χ4n) is 3.10. The number of aliphatic carboxylic acids is 1. The summed E-state index contributed by atoms with van der Waals surface area (Å²) in [6.07, 6.45) is 3.17. The van der Waals surface area contributed by atoms with Gasteiger partial charge in [0.1, 0.15) is 0 Å². The number of ether oxygens (including phenoxy) is 1. The molecule has 1 aliphatic rings. The Kier molecular flexibility index (Phi) is 5.58. The zero-order valence-electron chi connectivity index (χ0n) is 14.3. The van der Waals surface area contributed by atoms with E-state index < -0.39 is 17.9 Å². The third kappa shape index (κ3) is 3.89. The largest absolute Gasteiger partial charge is 0.479 e. The summed E-state index contributed by atoms with van der Waals surface area (Å²) in [7, 11) is 0. The number of nitrogens with one attached hydrogen (secondary N) is 1. The molecular weight excluding hydrogens is 358 g/mol. The third-order valence-corrected chi connectivity index (χ3v) is 4.80. The summed E-state index contributed by atoms with van der Waals surface area (Å²) in [5.41, 5.74) is 1.54. The van der Waals surface area contributed by atoms with Gasteiger partial charge in [-0.3, -0.25) is 9.48 Å². The third-order valence-electron chi connectivity index (χ3n) is 4.55. The molecule has 1 aliphatic heterocycles. The van der Waals surface area contributed by atoms with Crippen LogP contribution in [0.4, 0.5) is 0 Å². The van der Waals surface area contributed by atoms with Crippen LogP contribution in [0.25, 0.3) is 0 Å². The summed E-state index contributed by atoms with van der Waals surface area (Å²) in [6, 6.07) is 5.38. The second-order valence-corrected chi connectivity index (χ2v) is 6.66. The van der Waals surface area contributed by atoms with Crippen LogP contribution < -0.4 is 5.32 Å². The number of carbonyl (C=O) groups is 2. The van der Waals surface area contributed by atoms with Gasteiger partial charge < -0.3 is 15.2 Å². The molecule has 2 aromatic rings. The van der Waals surface area contributed by atoms with Crippen LogP contribution in [0.15, 0.2) is 30.5 Å². The molecule has 1 amide bonds.